The van der Waals surface area contributed by atoms with Crippen molar-refractivity contribution in [2.45, 2.75) is 64.5 Å². The molecule has 1 unspecified atom stereocenters. The molecule has 2 heteroatoms. The van der Waals surface area contributed by atoms with Crippen LogP contribution >= 0.6 is 0 Å². The van der Waals surface area contributed by atoms with Crippen LogP contribution in [0.1, 0.15) is 52.4 Å². The molecule has 2 N–H and O–H groups in total. The zero-order valence-electron chi connectivity index (χ0n) is 10.1. The number of hydrogen-bond donors (Lipinski definition) is 2. The van der Waals surface area contributed by atoms with Crippen molar-refractivity contribution in [1.82, 2.24) is 5.32 Å². The monoisotopic (exact) mass is 211 g/mol. The molecule has 88 valence electrons. The summed E-state index contributed by atoms with van der Waals surface area (Å²) in [6.07, 6.45) is 7.60. The maximum Gasteiger partial charge on any atom is 0.0692 e. The summed E-state index contributed by atoms with van der Waals surface area (Å²) in [4.78, 5) is 0. The van der Waals surface area contributed by atoms with Crippen molar-refractivity contribution >= 4 is 0 Å². The minimum Gasteiger partial charge on any atom is -0.392 e. The van der Waals surface area contributed by atoms with Crippen molar-refractivity contribution in [2.75, 3.05) is 6.54 Å². The summed E-state index contributed by atoms with van der Waals surface area (Å²) in [5.41, 5.74) is 0.549. The van der Waals surface area contributed by atoms with Gasteiger partial charge in [0.25, 0.3) is 0 Å². The fourth-order valence-electron chi connectivity index (χ4n) is 2.54. The summed E-state index contributed by atoms with van der Waals surface area (Å²) < 4.78 is 0. The summed E-state index contributed by atoms with van der Waals surface area (Å²) in [6.45, 7) is 5.54. The van der Waals surface area contributed by atoms with Crippen molar-refractivity contribution in [3.63, 3.8) is 0 Å². The molecule has 2 aliphatic rings. The number of nitrogens with one attached hydrogen (secondary N) is 1. The fourth-order valence-corrected chi connectivity index (χ4v) is 2.54. The predicted molar refractivity (Wildman–Crippen MR) is 62.8 cm³/mol. The molecule has 2 nitrogen and oxygen atoms in total. The van der Waals surface area contributed by atoms with Crippen LogP contribution in [0.3, 0.4) is 0 Å². The molecule has 2 rings (SSSR count). The molecule has 0 saturated heterocycles. The van der Waals surface area contributed by atoms with E-state index in [4.69, 9.17) is 0 Å². The second-order valence-electron chi connectivity index (χ2n) is 6.25. The average Bonchev–Trinajstić information content (AvgIpc) is 2.99. The van der Waals surface area contributed by atoms with Gasteiger partial charge in [-0.15, -0.1) is 0 Å². The topological polar surface area (TPSA) is 32.3 Å². The van der Waals surface area contributed by atoms with Gasteiger partial charge in [-0.25, -0.2) is 0 Å². The van der Waals surface area contributed by atoms with Gasteiger partial charge in [-0.05, 0) is 49.9 Å². The molecule has 0 heterocycles. The first-order valence-electron chi connectivity index (χ1n) is 6.48. The Kier molecular flexibility index (Phi) is 3.36. The number of hydrogen-bond acceptors (Lipinski definition) is 2. The van der Waals surface area contributed by atoms with Crippen molar-refractivity contribution < 1.29 is 5.11 Å². The van der Waals surface area contributed by atoms with E-state index in [0.717, 1.165) is 6.54 Å². The van der Waals surface area contributed by atoms with Gasteiger partial charge >= 0.3 is 0 Å². The van der Waals surface area contributed by atoms with Gasteiger partial charge in [0, 0.05) is 12.6 Å². The maximum absolute atomic E-state index is 9.76. The van der Waals surface area contributed by atoms with Crippen LogP contribution in [0.5, 0.6) is 0 Å². The maximum atomic E-state index is 9.76. The molecule has 0 aromatic carbocycles. The number of rotatable bonds is 4. The second-order valence-corrected chi connectivity index (χ2v) is 6.25. The molecule has 15 heavy (non-hydrogen) atoms. The van der Waals surface area contributed by atoms with E-state index in [1.165, 1.54) is 38.5 Å². The molecule has 0 aromatic rings. The minimum atomic E-state index is -0.0834. The molecule has 1 atom stereocenters. The molecule has 2 fully saturated rings. The van der Waals surface area contributed by atoms with Crippen LogP contribution < -0.4 is 5.32 Å². The van der Waals surface area contributed by atoms with Crippen molar-refractivity contribution in [3.05, 3.63) is 0 Å². The highest BCUT2D eigenvalue weighted by atomic mass is 16.3. The third kappa shape index (κ3) is 3.46. The van der Waals surface area contributed by atoms with Crippen LogP contribution in [-0.4, -0.2) is 23.8 Å². The Balaban J connectivity index is 1.63. The Hall–Kier alpha value is -0.0800. The van der Waals surface area contributed by atoms with Crippen molar-refractivity contribution in [3.8, 4) is 0 Å². The lowest BCUT2D eigenvalue weighted by atomic mass is 9.75. The molecule has 0 aliphatic heterocycles. The zero-order chi connectivity index (χ0) is 10.9. The molecule has 0 bridgehead atoms. The van der Waals surface area contributed by atoms with E-state index in [0.29, 0.717) is 17.4 Å². The second kappa shape index (κ2) is 4.42. The standard InChI is InChI=1S/C13H25NO/c1-13(2)7-5-11(6-8-13)14-9-12(15)10-3-4-10/h10-12,14-15H,3-9H2,1-2H3. The van der Waals surface area contributed by atoms with Gasteiger partial charge in [0.05, 0.1) is 6.10 Å². The molecule has 0 spiro atoms. The summed E-state index contributed by atoms with van der Waals surface area (Å²) in [6, 6.07) is 0.659. The Morgan fingerprint density at radius 3 is 2.33 bits per heavy atom. The van der Waals surface area contributed by atoms with Gasteiger partial charge in [0.2, 0.25) is 0 Å². The van der Waals surface area contributed by atoms with Gasteiger partial charge in [-0.3, -0.25) is 0 Å². The first kappa shape index (κ1) is 11.4. The first-order chi connectivity index (χ1) is 7.07. The molecule has 0 aromatic heterocycles. The van der Waals surface area contributed by atoms with Crippen LogP contribution in [-0.2, 0) is 0 Å². The highest BCUT2D eigenvalue weighted by Gasteiger charge is 2.31. The third-order valence-corrected chi connectivity index (χ3v) is 4.12. The Morgan fingerprint density at radius 2 is 1.80 bits per heavy atom. The van der Waals surface area contributed by atoms with Gasteiger partial charge in [-0.1, -0.05) is 13.8 Å². The van der Waals surface area contributed by atoms with Crippen LogP contribution in [0.15, 0.2) is 0 Å². The molecular weight excluding hydrogens is 186 g/mol. The van der Waals surface area contributed by atoms with E-state index in [1.807, 2.05) is 0 Å². The molecule has 0 amide bonds. The van der Waals surface area contributed by atoms with Gasteiger partial charge in [0.1, 0.15) is 0 Å². The van der Waals surface area contributed by atoms with E-state index < -0.39 is 0 Å². The molecule has 2 aliphatic carbocycles. The summed E-state index contributed by atoms with van der Waals surface area (Å²) in [5, 5.41) is 13.3. The lowest BCUT2D eigenvalue weighted by Gasteiger charge is -2.35. The highest BCUT2D eigenvalue weighted by molar-refractivity contribution is 4.86. The van der Waals surface area contributed by atoms with E-state index in [2.05, 4.69) is 19.2 Å². The van der Waals surface area contributed by atoms with Crippen molar-refractivity contribution in [1.29, 1.82) is 0 Å². The van der Waals surface area contributed by atoms with E-state index >= 15 is 0 Å². The van der Waals surface area contributed by atoms with Crippen LogP contribution in [0.2, 0.25) is 0 Å². The quantitative estimate of drug-likeness (QED) is 0.748. The lowest BCUT2D eigenvalue weighted by molar-refractivity contribution is 0.133. The van der Waals surface area contributed by atoms with E-state index in [1.54, 1.807) is 0 Å². The van der Waals surface area contributed by atoms with Gasteiger partial charge in [0.15, 0.2) is 0 Å². The Bertz CT molecular complexity index is 201. The SMILES string of the molecule is CC1(C)CCC(NCC(O)C2CC2)CC1. The first-order valence-corrected chi connectivity index (χ1v) is 6.48. The van der Waals surface area contributed by atoms with Crippen molar-refractivity contribution in [2.24, 2.45) is 11.3 Å². The van der Waals surface area contributed by atoms with Crippen LogP contribution in [0.4, 0.5) is 0 Å². The summed E-state index contributed by atoms with van der Waals surface area (Å²) in [5.74, 6) is 0.609. The largest absolute Gasteiger partial charge is 0.392 e. The molecule has 0 radical (unpaired) electrons. The Labute approximate surface area is 93.5 Å². The zero-order valence-corrected chi connectivity index (χ0v) is 10.1. The smallest absolute Gasteiger partial charge is 0.0692 e. The van der Waals surface area contributed by atoms with Gasteiger partial charge in [-0.2, -0.15) is 0 Å². The predicted octanol–water partition coefficient (Wildman–Crippen LogP) is 2.32. The Morgan fingerprint density at radius 1 is 1.20 bits per heavy atom. The third-order valence-electron chi connectivity index (χ3n) is 4.12. The van der Waals surface area contributed by atoms with Gasteiger partial charge < -0.3 is 10.4 Å². The average molecular weight is 211 g/mol. The summed E-state index contributed by atoms with van der Waals surface area (Å²) >= 11 is 0. The minimum absolute atomic E-state index is 0.0834. The van der Waals surface area contributed by atoms with E-state index in [9.17, 15) is 5.11 Å². The molecular formula is C13H25NO. The highest BCUT2D eigenvalue weighted by Crippen LogP contribution is 2.35. The summed E-state index contributed by atoms with van der Waals surface area (Å²) in [7, 11) is 0. The number of aliphatic hydroxyl groups is 1. The lowest BCUT2D eigenvalue weighted by Crippen LogP contribution is -2.40. The fraction of sp³-hybridized carbons (Fsp3) is 1.00. The normalized spacial score (nSPS) is 29.0. The molecule has 2 saturated carbocycles. The van der Waals surface area contributed by atoms with Crippen LogP contribution in [0, 0.1) is 11.3 Å². The van der Waals surface area contributed by atoms with Crippen LogP contribution in [0.25, 0.3) is 0 Å². The van der Waals surface area contributed by atoms with E-state index in [-0.39, 0.29) is 6.10 Å². The number of aliphatic hydroxyl groups excluding tert-OH is 1.